The molecule has 0 saturated carbocycles. The number of anilines is 2. The fourth-order valence-electron chi connectivity index (χ4n) is 5.78. The summed E-state index contributed by atoms with van der Waals surface area (Å²) in [5.41, 5.74) is 0.528. The lowest BCUT2D eigenvalue weighted by atomic mass is 9.95. The van der Waals surface area contributed by atoms with Crippen molar-refractivity contribution in [2.24, 2.45) is 0 Å². The van der Waals surface area contributed by atoms with Crippen LogP contribution in [-0.2, 0) is 11.0 Å². The van der Waals surface area contributed by atoms with Crippen molar-refractivity contribution in [3.05, 3.63) is 53.2 Å². The number of rotatable bonds is 4. The number of fused-ring (bicyclic) bond motifs is 4. The van der Waals surface area contributed by atoms with Crippen molar-refractivity contribution in [2.75, 3.05) is 29.0 Å². The van der Waals surface area contributed by atoms with E-state index in [2.05, 4.69) is 25.8 Å². The van der Waals surface area contributed by atoms with Gasteiger partial charge in [0.15, 0.2) is 5.82 Å². The number of piperazine rings is 1. The van der Waals surface area contributed by atoms with Crippen LogP contribution in [0.15, 0.2) is 30.5 Å². The van der Waals surface area contributed by atoms with Gasteiger partial charge < -0.3 is 15.3 Å². The van der Waals surface area contributed by atoms with Gasteiger partial charge in [0, 0.05) is 64.9 Å². The van der Waals surface area contributed by atoms with Crippen molar-refractivity contribution >= 4 is 44.2 Å². The first-order valence-corrected chi connectivity index (χ1v) is 13.8. The maximum absolute atomic E-state index is 16.6. The number of hydrogen-bond acceptors (Lipinski definition) is 6. The molecule has 4 aromatic rings. The predicted octanol–water partition coefficient (Wildman–Crippen LogP) is 4.37. The molecule has 2 bridgehead atoms. The van der Waals surface area contributed by atoms with Gasteiger partial charge in [-0.1, -0.05) is 12.0 Å². The van der Waals surface area contributed by atoms with Crippen molar-refractivity contribution in [1.82, 2.24) is 15.3 Å². The summed E-state index contributed by atoms with van der Waals surface area (Å²) in [6.07, 6.45) is 10.8. The van der Waals surface area contributed by atoms with E-state index in [9.17, 15) is 13.7 Å². The third-order valence-electron chi connectivity index (χ3n) is 7.42. The van der Waals surface area contributed by atoms with E-state index >= 15 is 4.39 Å². The first-order valence-electron chi connectivity index (χ1n) is 12.3. The molecule has 2 aromatic heterocycles. The summed E-state index contributed by atoms with van der Waals surface area (Å²) in [6, 6.07) is 6.12. The Morgan fingerprint density at radius 3 is 2.63 bits per heavy atom. The van der Waals surface area contributed by atoms with Gasteiger partial charge >= 0.3 is 0 Å². The topological polar surface area (TPSA) is 90.4 Å². The fourth-order valence-corrected chi connectivity index (χ4v) is 6.25. The quantitative estimate of drug-likeness (QED) is 0.338. The summed E-state index contributed by atoms with van der Waals surface area (Å²) in [5, 5.41) is 15.5. The number of nitrogens with zero attached hydrogens (tertiary/aromatic N) is 3. The Balaban J connectivity index is 1.64. The van der Waals surface area contributed by atoms with E-state index in [1.165, 1.54) is 30.5 Å². The van der Waals surface area contributed by atoms with Gasteiger partial charge in [-0.25, -0.2) is 18.0 Å². The van der Waals surface area contributed by atoms with Crippen molar-refractivity contribution in [1.29, 1.82) is 0 Å². The Morgan fingerprint density at radius 1 is 1.21 bits per heavy atom. The second kappa shape index (κ2) is 9.19. The van der Waals surface area contributed by atoms with Crippen LogP contribution < -0.4 is 14.9 Å². The van der Waals surface area contributed by atoms with Crippen LogP contribution in [-0.4, -0.2) is 50.7 Å². The molecule has 3 unspecified atom stereocenters. The maximum atomic E-state index is 16.6. The number of phenolic OH excluding ortho intramolecular Hbond substituents is 1. The molecule has 0 amide bonds. The second-order valence-corrected chi connectivity index (χ2v) is 11.0. The van der Waals surface area contributed by atoms with Crippen molar-refractivity contribution in [3.8, 4) is 29.4 Å². The molecular weight excluding hydrogens is 508 g/mol. The third kappa shape index (κ3) is 3.94. The molecule has 3 atom stereocenters. The molecule has 2 aromatic carbocycles. The Labute approximate surface area is 220 Å². The van der Waals surface area contributed by atoms with Gasteiger partial charge in [0.1, 0.15) is 39.9 Å². The molecule has 7 nitrogen and oxygen atoms in total. The summed E-state index contributed by atoms with van der Waals surface area (Å²) in [7, 11) is -1.44. The second-order valence-electron chi connectivity index (χ2n) is 9.88. The Kier molecular flexibility index (Phi) is 5.93. The molecule has 2 aliphatic heterocycles. The van der Waals surface area contributed by atoms with E-state index in [-0.39, 0.29) is 33.3 Å². The molecule has 194 valence electrons. The Bertz CT molecular complexity index is 1690. The first kappa shape index (κ1) is 24.5. The summed E-state index contributed by atoms with van der Waals surface area (Å²) >= 11 is 0. The molecule has 10 heteroatoms. The molecule has 6 rings (SSSR count). The number of phenols is 1. The van der Waals surface area contributed by atoms with Gasteiger partial charge in [0.2, 0.25) is 0 Å². The Hall–Kier alpha value is -3.81. The molecule has 3 N–H and O–H groups in total. The number of pyridine rings is 2. The molecule has 38 heavy (non-hydrogen) atoms. The minimum absolute atomic E-state index is 0.0361. The summed E-state index contributed by atoms with van der Waals surface area (Å²) in [5.74, 6) is 1.82. The molecule has 2 aliphatic rings. The van der Waals surface area contributed by atoms with Gasteiger partial charge in [-0.3, -0.25) is 9.71 Å². The highest BCUT2D eigenvalue weighted by atomic mass is 32.2. The van der Waals surface area contributed by atoms with Gasteiger partial charge in [-0.2, -0.15) is 0 Å². The largest absolute Gasteiger partial charge is 0.508 e. The van der Waals surface area contributed by atoms with Crippen LogP contribution in [0, 0.1) is 30.9 Å². The lowest BCUT2D eigenvalue weighted by Crippen LogP contribution is -2.51. The predicted molar refractivity (Wildman–Crippen MR) is 147 cm³/mol. The highest BCUT2D eigenvalue weighted by Crippen LogP contribution is 2.41. The maximum Gasteiger partial charge on any atom is 0.157 e. The first-order chi connectivity index (χ1) is 18.2. The third-order valence-corrected chi connectivity index (χ3v) is 7.90. The number of aromatic hydroxyl groups is 1. The monoisotopic (exact) mass is 533 g/mol. The van der Waals surface area contributed by atoms with Gasteiger partial charge in [-0.15, -0.1) is 6.42 Å². The zero-order chi connectivity index (χ0) is 26.7. The van der Waals surface area contributed by atoms with E-state index in [1.54, 1.807) is 13.1 Å². The van der Waals surface area contributed by atoms with Crippen LogP contribution >= 0.6 is 0 Å². The highest BCUT2D eigenvalue weighted by Gasteiger charge is 2.34. The molecular formula is C28H25F2N5O2S. The Morgan fingerprint density at radius 2 is 1.95 bits per heavy atom. The molecule has 4 heterocycles. The van der Waals surface area contributed by atoms with Crippen molar-refractivity contribution in [2.45, 2.75) is 31.8 Å². The zero-order valence-corrected chi connectivity index (χ0v) is 21.6. The summed E-state index contributed by atoms with van der Waals surface area (Å²) in [6.45, 7) is 3.12. The molecule has 2 fully saturated rings. The van der Waals surface area contributed by atoms with E-state index < -0.39 is 22.6 Å². The summed E-state index contributed by atoms with van der Waals surface area (Å²) in [4.78, 5) is 11.4. The van der Waals surface area contributed by atoms with Crippen LogP contribution in [0.1, 0.15) is 24.0 Å². The summed E-state index contributed by atoms with van der Waals surface area (Å²) < 4.78 is 46.2. The number of aromatic nitrogens is 2. The van der Waals surface area contributed by atoms with Crippen LogP contribution in [0.25, 0.3) is 32.8 Å². The average molecular weight is 534 g/mol. The van der Waals surface area contributed by atoms with Gasteiger partial charge in [0.05, 0.1) is 5.56 Å². The van der Waals surface area contributed by atoms with Crippen LogP contribution in [0.3, 0.4) is 0 Å². The number of aryl methyl sites for hydroxylation is 1. The van der Waals surface area contributed by atoms with Gasteiger partial charge in [0.25, 0.3) is 0 Å². The SMILES string of the molecule is C#Cc1c(F)ccc2cc(O)cc(-c3ncc4c(N5CC6CCC(C5)N6)nc(NS(C)=O)c(C)c4c3F)c12. The fraction of sp³-hybridized carbons (Fsp3) is 0.286. The number of benzene rings is 2. The number of hydrogen-bond donors (Lipinski definition) is 3. The zero-order valence-electron chi connectivity index (χ0n) is 20.8. The number of nitrogens with one attached hydrogen (secondary N) is 2. The molecule has 0 spiro atoms. The standard InChI is InChI=1S/C28H25F2N5O2S/c1-4-19-22(29)8-5-15-9-18(36)10-20(24(15)19)26-25(30)23-14(2)27(34-38(3)37)33-28(21(23)11-31-26)35-12-16-6-7-17(13-35)32-16/h1,5,8-11,16-17,32,36H,6-7,12-13H2,2-3H3,(H,33,34). The highest BCUT2D eigenvalue weighted by molar-refractivity contribution is 7.85. The van der Waals surface area contributed by atoms with E-state index in [4.69, 9.17) is 11.4 Å². The average Bonchev–Trinajstić information content (AvgIpc) is 3.22. The lowest BCUT2D eigenvalue weighted by molar-refractivity contribution is 0.464. The smallest absolute Gasteiger partial charge is 0.157 e. The van der Waals surface area contributed by atoms with E-state index in [0.29, 0.717) is 53.1 Å². The molecule has 0 radical (unpaired) electrons. The van der Waals surface area contributed by atoms with Crippen LogP contribution in [0.4, 0.5) is 20.4 Å². The lowest BCUT2D eigenvalue weighted by Gasteiger charge is -2.34. The normalized spacial score (nSPS) is 19.6. The van der Waals surface area contributed by atoms with Crippen molar-refractivity contribution < 1.29 is 18.1 Å². The molecule has 0 aliphatic carbocycles. The molecule has 2 saturated heterocycles. The van der Waals surface area contributed by atoms with Crippen LogP contribution in [0.5, 0.6) is 5.75 Å². The van der Waals surface area contributed by atoms with Gasteiger partial charge in [-0.05, 0) is 43.4 Å². The minimum atomic E-state index is -1.44. The minimum Gasteiger partial charge on any atom is -0.508 e. The number of halogens is 2. The van der Waals surface area contributed by atoms with Crippen molar-refractivity contribution in [3.63, 3.8) is 0 Å². The van der Waals surface area contributed by atoms with Crippen LogP contribution in [0.2, 0.25) is 0 Å². The van der Waals surface area contributed by atoms with E-state index in [0.717, 1.165) is 12.8 Å². The van der Waals surface area contributed by atoms with E-state index in [1.807, 2.05) is 0 Å². The number of terminal acetylenes is 1.